The molecule has 4 heteroatoms. The standard InChI is InChI=1S/C18H22N2O2/c1-2-3-14-22-17-9-7-15(8-10-17)18(21)20-13-11-16-6-4-5-12-19-16/h4-10,12H,2-3,11,13-14H2,1H3,(H,20,21). The summed E-state index contributed by atoms with van der Waals surface area (Å²) in [6.07, 6.45) is 4.63. The van der Waals surface area contributed by atoms with Gasteiger partial charge < -0.3 is 10.1 Å². The molecule has 1 aromatic heterocycles. The third-order valence-electron chi connectivity index (χ3n) is 3.28. The largest absolute Gasteiger partial charge is 0.494 e. The molecule has 116 valence electrons. The second kappa shape index (κ2) is 8.82. The zero-order valence-corrected chi connectivity index (χ0v) is 12.9. The smallest absolute Gasteiger partial charge is 0.251 e. The van der Waals surface area contributed by atoms with Crippen molar-refractivity contribution in [3.63, 3.8) is 0 Å². The molecular weight excluding hydrogens is 276 g/mol. The molecule has 1 heterocycles. The number of rotatable bonds is 8. The van der Waals surface area contributed by atoms with Gasteiger partial charge in [0.2, 0.25) is 0 Å². The van der Waals surface area contributed by atoms with Crippen molar-refractivity contribution < 1.29 is 9.53 Å². The van der Waals surface area contributed by atoms with E-state index in [0.717, 1.165) is 30.7 Å². The molecule has 1 amide bonds. The highest BCUT2D eigenvalue weighted by molar-refractivity contribution is 5.94. The van der Waals surface area contributed by atoms with Gasteiger partial charge in [0, 0.05) is 30.4 Å². The quantitative estimate of drug-likeness (QED) is 0.761. The summed E-state index contributed by atoms with van der Waals surface area (Å²) >= 11 is 0. The predicted molar refractivity (Wildman–Crippen MR) is 87.1 cm³/mol. The van der Waals surface area contributed by atoms with E-state index >= 15 is 0 Å². The maximum Gasteiger partial charge on any atom is 0.251 e. The number of carbonyl (C=O) groups is 1. The van der Waals surface area contributed by atoms with Crippen LogP contribution in [0, 0.1) is 0 Å². The number of nitrogens with one attached hydrogen (secondary N) is 1. The zero-order chi connectivity index (χ0) is 15.6. The fourth-order valence-electron chi connectivity index (χ4n) is 1.99. The SMILES string of the molecule is CCCCOc1ccc(C(=O)NCCc2ccccn2)cc1. The van der Waals surface area contributed by atoms with Crippen LogP contribution >= 0.6 is 0 Å². The van der Waals surface area contributed by atoms with Crippen molar-refractivity contribution in [3.8, 4) is 5.75 Å². The van der Waals surface area contributed by atoms with Gasteiger partial charge in [-0.2, -0.15) is 0 Å². The van der Waals surface area contributed by atoms with Gasteiger partial charge in [0.1, 0.15) is 5.75 Å². The highest BCUT2D eigenvalue weighted by Gasteiger charge is 2.05. The monoisotopic (exact) mass is 298 g/mol. The lowest BCUT2D eigenvalue weighted by Gasteiger charge is -2.07. The van der Waals surface area contributed by atoms with Crippen molar-refractivity contribution in [2.24, 2.45) is 0 Å². The van der Waals surface area contributed by atoms with Gasteiger partial charge >= 0.3 is 0 Å². The summed E-state index contributed by atoms with van der Waals surface area (Å²) < 4.78 is 5.58. The van der Waals surface area contributed by atoms with Crippen molar-refractivity contribution in [1.82, 2.24) is 10.3 Å². The van der Waals surface area contributed by atoms with Gasteiger partial charge in [-0.25, -0.2) is 0 Å². The number of aromatic nitrogens is 1. The maximum absolute atomic E-state index is 12.0. The molecule has 22 heavy (non-hydrogen) atoms. The van der Waals surface area contributed by atoms with Crippen molar-refractivity contribution in [3.05, 3.63) is 59.9 Å². The minimum absolute atomic E-state index is 0.0731. The summed E-state index contributed by atoms with van der Waals surface area (Å²) in [6, 6.07) is 13.0. The fourth-order valence-corrected chi connectivity index (χ4v) is 1.99. The van der Waals surface area contributed by atoms with E-state index in [4.69, 9.17) is 4.74 Å². The van der Waals surface area contributed by atoms with Gasteiger partial charge in [-0.1, -0.05) is 19.4 Å². The van der Waals surface area contributed by atoms with Crippen molar-refractivity contribution in [1.29, 1.82) is 0 Å². The molecule has 0 saturated carbocycles. The number of hydrogen-bond acceptors (Lipinski definition) is 3. The Labute approximate surface area is 131 Å². The van der Waals surface area contributed by atoms with Crippen molar-refractivity contribution >= 4 is 5.91 Å². The van der Waals surface area contributed by atoms with Crippen molar-refractivity contribution in [2.75, 3.05) is 13.2 Å². The molecule has 0 unspecified atom stereocenters. The average Bonchev–Trinajstić information content (AvgIpc) is 2.56. The van der Waals surface area contributed by atoms with E-state index in [1.165, 1.54) is 0 Å². The Kier molecular flexibility index (Phi) is 6.42. The van der Waals surface area contributed by atoms with Crippen LogP contribution in [0.1, 0.15) is 35.8 Å². The van der Waals surface area contributed by atoms with Crippen LogP contribution in [-0.2, 0) is 6.42 Å². The van der Waals surface area contributed by atoms with Crippen LogP contribution in [0.15, 0.2) is 48.7 Å². The first-order valence-electron chi connectivity index (χ1n) is 7.70. The van der Waals surface area contributed by atoms with Gasteiger partial charge in [0.15, 0.2) is 0 Å². The minimum atomic E-state index is -0.0731. The summed E-state index contributed by atoms with van der Waals surface area (Å²) in [7, 11) is 0. The van der Waals surface area contributed by atoms with E-state index in [1.54, 1.807) is 18.3 Å². The number of hydrogen-bond donors (Lipinski definition) is 1. The molecule has 1 aromatic carbocycles. The topological polar surface area (TPSA) is 51.2 Å². The lowest BCUT2D eigenvalue weighted by Crippen LogP contribution is -2.25. The van der Waals surface area contributed by atoms with E-state index in [0.29, 0.717) is 18.7 Å². The Bertz CT molecular complexity index is 567. The number of nitrogens with zero attached hydrogens (tertiary/aromatic N) is 1. The molecule has 0 atom stereocenters. The number of carbonyl (C=O) groups excluding carboxylic acids is 1. The normalized spacial score (nSPS) is 10.2. The average molecular weight is 298 g/mol. The number of amides is 1. The lowest BCUT2D eigenvalue weighted by molar-refractivity contribution is 0.0954. The second-order valence-corrected chi connectivity index (χ2v) is 5.05. The molecule has 1 N–H and O–H groups in total. The van der Waals surface area contributed by atoms with Crippen LogP contribution in [0.4, 0.5) is 0 Å². The molecule has 4 nitrogen and oxygen atoms in total. The van der Waals surface area contributed by atoms with Gasteiger partial charge in [0.25, 0.3) is 5.91 Å². The van der Waals surface area contributed by atoms with E-state index < -0.39 is 0 Å². The maximum atomic E-state index is 12.0. The third-order valence-corrected chi connectivity index (χ3v) is 3.28. The summed E-state index contributed by atoms with van der Waals surface area (Å²) in [6.45, 7) is 3.42. The Hall–Kier alpha value is -2.36. The molecule has 2 rings (SSSR count). The van der Waals surface area contributed by atoms with E-state index in [9.17, 15) is 4.79 Å². The minimum Gasteiger partial charge on any atom is -0.494 e. The summed E-state index contributed by atoms with van der Waals surface area (Å²) in [5.74, 6) is 0.731. The number of benzene rings is 1. The van der Waals surface area contributed by atoms with Gasteiger partial charge in [-0.3, -0.25) is 9.78 Å². The van der Waals surface area contributed by atoms with Crippen LogP contribution in [0.25, 0.3) is 0 Å². The molecule has 0 aliphatic heterocycles. The van der Waals surface area contributed by atoms with Gasteiger partial charge in [-0.15, -0.1) is 0 Å². The highest BCUT2D eigenvalue weighted by atomic mass is 16.5. The molecule has 0 radical (unpaired) electrons. The van der Waals surface area contributed by atoms with E-state index in [-0.39, 0.29) is 5.91 Å². The summed E-state index contributed by atoms with van der Waals surface area (Å²) in [5, 5.41) is 2.90. The van der Waals surface area contributed by atoms with Crippen LogP contribution in [0.2, 0.25) is 0 Å². The third kappa shape index (κ3) is 5.20. The van der Waals surface area contributed by atoms with Crippen molar-refractivity contribution in [2.45, 2.75) is 26.2 Å². The fraction of sp³-hybridized carbons (Fsp3) is 0.333. The first-order chi connectivity index (χ1) is 10.8. The summed E-state index contributed by atoms with van der Waals surface area (Å²) in [5.41, 5.74) is 1.62. The Morgan fingerprint density at radius 1 is 1.18 bits per heavy atom. The predicted octanol–water partition coefficient (Wildman–Crippen LogP) is 3.23. The summed E-state index contributed by atoms with van der Waals surface area (Å²) in [4.78, 5) is 16.3. The highest BCUT2D eigenvalue weighted by Crippen LogP contribution is 2.12. The van der Waals surface area contributed by atoms with Crippen LogP contribution in [-0.4, -0.2) is 24.0 Å². The first-order valence-corrected chi connectivity index (χ1v) is 7.70. The molecule has 0 aliphatic rings. The molecular formula is C18H22N2O2. The Morgan fingerprint density at radius 3 is 2.68 bits per heavy atom. The molecule has 2 aromatic rings. The van der Waals surface area contributed by atoms with Gasteiger partial charge in [-0.05, 0) is 42.8 Å². The first kappa shape index (κ1) is 16.0. The lowest BCUT2D eigenvalue weighted by atomic mass is 10.2. The number of unbranched alkanes of at least 4 members (excludes halogenated alkanes) is 1. The Balaban J connectivity index is 1.77. The number of ether oxygens (including phenoxy) is 1. The van der Waals surface area contributed by atoms with Gasteiger partial charge in [0.05, 0.1) is 6.61 Å². The van der Waals surface area contributed by atoms with Crippen LogP contribution < -0.4 is 10.1 Å². The zero-order valence-electron chi connectivity index (χ0n) is 12.9. The molecule has 0 fully saturated rings. The molecule has 0 saturated heterocycles. The molecule has 0 bridgehead atoms. The van der Waals surface area contributed by atoms with Crippen LogP contribution in [0.3, 0.4) is 0 Å². The number of pyridine rings is 1. The molecule has 0 spiro atoms. The second-order valence-electron chi connectivity index (χ2n) is 5.05. The molecule has 0 aliphatic carbocycles. The van der Waals surface area contributed by atoms with E-state index in [2.05, 4.69) is 17.2 Å². The van der Waals surface area contributed by atoms with Crippen LogP contribution in [0.5, 0.6) is 5.75 Å². The van der Waals surface area contributed by atoms with E-state index in [1.807, 2.05) is 30.3 Å². The Morgan fingerprint density at radius 2 is 2.00 bits per heavy atom.